The smallest absolute Gasteiger partial charge is 0.320 e. The van der Waals surface area contributed by atoms with E-state index in [0.29, 0.717) is 0 Å². The molecule has 0 spiro atoms. The Morgan fingerprint density at radius 3 is 1.80 bits per heavy atom. The summed E-state index contributed by atoms with van der Waals surface area (Å²) in [6.45, 7) is 1.42. The number of carbonyl (C=O) groups is 2. The third-order valence-corrected chi connectivity index (χ3v) is 2.34. The van der Waals surface area contributed by atoms with Crippen molar-refractivity contribution in [1.82, 2.24) is 0 Å². The predicted octanol–water partition coefficient (Wildman–Crippen LogP) is 1.07. The molecule has 5 heteroatoms. The Morgan fingerprint density at radius 2 is 1.60 bits per heavy atom. The fourth-order valence-electron chi connectivity index (χ4n) is 1.35. The maximum Gasteiger partial charge on any atom is 0.320 e. The van der Waals surface area contributed by atoms with Crippen LogP contribution in [0.2, 0.25) is 0 Å². The molecule has 1 aliphatic rings. The minimum Gasteiger partial charge on any atom is -0.481 e. The van der Waals surface area contributed by atoms with E-state index < -0.39 is 18.0 Å². The first-order valence-electron chi connectivity index (χ1n) is 5.16. The fraction of sp³-hybridized carbons (Fsp3) is 0.800. The molecule has 15 heavy (non-hydrogen) atoms. The van der Waals surface area contributed by atoms with Gasteiger partial charge in [0.05, 0.1) is 5.92 Å². The van der Waals surface area contributed by atoms with Crippen LogP contribution in [-0.2, 0) is 9.59 Å². The number of carboxylic acids is 2. The largest absolute Gasteiger partial charge is 0.481 e. The minimum absolute atomic E-state index is 0.0289. The second-order valence-corrected chi connectivity index (χ2v) is 3.80. The first-order chi connectivity index (χ1) is 6.95. The Bertz CT molecular complexity index is 209. The molecule has 0 aromatic carbocycles. The number of carboxylic acid groups (broad SMARTS) is 2. The zero-order chi connectivity index (χ0) is 11.8. The lowest BCUT2D eigenvalue weighted by Crippen LogP contribution is -2.25. The van der Waals surface area contributed by atoms with Gasteiger partial charge in [-0.25, -0.2) is 0 Å². The third-order valence-electron chi connectivity index (χ3n) is 2.34. The van der Waals surface area contributed by atoms with E-state index >= 15 is 0 Å². The summed E-state index contributed by atoms with van der Waals surface area (Å²) in [5, 5.41) is 16.4. The second-order valence-electron chi connectivity index (χ2n) is 3.80. The van der Waals surface area contributed by atoms with Crippen LogP contribution in [0.5, 0.6) is 0 Å². The van der Waals surface area contributed by atoms with Crippen LogP contribution in [0.4, 0.5) is 0 Å². The standard InChI is InChI=1S/C7H12O2.C3H7NO2/c8-7(9)6-4-2-1-3-5-6;1-2(4)3(5)6/h6H,1-5H2,(H,8,9);2H,4H2,1H3,(H,5,6). The molecule has 0 radical (unpaired) electrons. The SMILES string of the molecule is CC(N)C(=O)O.O=C(O)C1CCCCC1. The number of nitrogens with two attached hydrogens (primary N) is 1. The Labute approximate surface area is 89.3 Å². The van der Waals surface area contributed by atoms with Gasteiger partial charge in [0.1, 0.15) is 6.04 Å². The Balaban J connectivity index is 0.000000288. The maximum atomic E-state index is 10.4. The van der Waals surface area contributed by atoms with E-state index in [4.69, 9.17) is 15.9 Å². The van der Waals surface area contributed by atoms with E-state index in [2.05, 4.69) is 0 Å². The van der Waals surface area contributed by atoms with Crippen molar-refractivity contribution in [3.05, 3.63) is 0 Å². The Hall–Kier alpha value is -1.10. The molecular weight excluding hydrogens is 198 g/mol. The fourth-order valence-corrected chi connectivity index (χ4v) is 1.35. The highest BCUT2D eigenvalue weighted by molar-refractivity contribution is 5.72. The molecule has 4 N–H and O–H groups in total. The van der Waals surface area contributed by atoms with Gasteiger partial charge in [0.2, 0.25) is 0 Å². The monoisotopic (exact) mass is 217 g/mol. The van der Waals surface area contributed by atoms with Crippen LogP contribution in [0.25, 0.3) is 0 Å². The van der Waals surface area contributed by atoms with Crippen molar-refractivity contribution < 1.29 is 19.8 Å². The topological polar surface area (TPSA) is 101 Å². The van der Waals surface area contributed by atoms with Gasteiger partial charge in [-0.15, -0.1) is 0 Å². The molecule has 0 aromatic rings. The molecule has 0 heterocycles. The van der Waals surface area contributed by atoms with Gasteiger partial charge >= 0.3 is 11.9 Å². The zero-order valence-electron chi connectivity index (χ0n) is 8.98. The van der Waals surface area contributed by atoms with Crippen LogP contribution in [0.1, 0.15) is 39.0 Å². The van der Waals surface area contributed by atoms with Crippen molar-refractivity contribution >= 4 is 11.9 Å². The van der Waals surface area contributed by atoms with Gasteiger partial charge in [0.25, 0.3) is 0 Å². The molecule has 0 amide bonds. The summed E-state index contributed by atoms with van der Waals surface area (Å²) in [6, 6.07) is -0.731. The molecule has 5 nitrogen and oxygen atoms in total. The van der Waals surface area contributed by atoms with Gasteiger partial charge in [-0.2, -0.15) is 0 Å². The molecule has 0 aliphatic heterocycles. The Morgan fingerprint density at radius 1 is 1.20 bits per heavy atom. The van der Waals surface area contributed by atoms with Crippen LogP contribution in [-0.4, -0.2) is 28.2 Å². The number of hydrogen-bond acceptors (Lipinski definition) is 3. The molecule has 1 rings (SSSR count). The van der Waals surface area contributed by atoms with Gasteiger partial charge in [-0.1, -0.05) is 19.3 Å². The molecule has 1 fully saturated rings. The third kappa shape index (κ3) is 6.90. The number of rotatable bonds is 2. The minimum atomic E-state index is -0.963. The summed E-state index contributed by atoms with van der Waals surface area (Å²) in [5.41, 5.74) is 4.84. The molecule has 1 atom stereocenters. The normalized spacial score (nSPS) is 18.5. The Kier molecular flexibility index (Phi) is 6.70. The summed E-state index contributed by atoms with van der Waals surface area (Å²) in [4.78, 5) is 19.9. The van der Waals surface area contributed by atoms with Crippen LogP contribution in [0.15, 0.2) is 0 Å². The molecular formula is C10H19NO4. The summed E-state index contributed by atoms with van der Waals surface area (Å²) < 4.78 is 0. The highest BCUT2D eigenvalue weighted by Crippen LogP contribution is 2.23. The first-order valence-corrected chi connectivity index (χ1v) is 5.16. The predicted molar refractivity (Wildman–Crippen MR) is 55.5 cm³/mol. The lowest BCUT2D eigenvalue weighted by atomic mass is 9.90. The lowest BCUT2D eigenvalue weighted by Gasteiger charge is -2.16. The summed E-state index contributed by atoms with van der Waals surface area (Å²) in [5.74, 6) is -1.59. The van der Waals surface area contributed by atoms with Crippen molar-refractivity contribution in [2.75, 3.05) is 0 Å². The van der Waals surface area contributed by atoms with Gasteiger partial charge < -0.3 is 15.9 Å². The van der Waals surface area contributed by atoms with Crippen molar-refractivity contribution in [1.29, 1.82) is 0 Å². The molecule has 88 valence electrons. The van der Waals surface area contributed by atoms with Gasteiger partial charge in [-0.3, -0.25) is 9.59 Å². The van der Waals surface area contributed by atoms with Crippen molar-refractivity contribution in [2.24, 2.45) is 11.7 Å². The van der Waals surface area contributed by atoms with E-state index in [1.807, 2.05) is 0 Å². The summed E-state index contributed by atoms with van der Waals surface area (Å²) in [6.07, 6.45) is 5.24. The average Bonchev–Trinajstić information content (AvgIpc) is 2.20. The molecule has 0 saturated heterocycles. The lowest BCUT2D eigenvalue weighted by molar-refractivity contribution is -0.142. The zero-order valence-corrected chi connectivity index (χ0v) is 8.98. The average molecular weight is 217 g/mol. The van der Waals surface area contributed by atoms with E-state index in [-0.39, 0.29) is 5.92 Å². The van der Waals surface area contributed by atoms with Crippen molar-refractivity contribution in [2.45, 2.75) is 45.1 Å². The molecule has 1 aliphatic carbocycles. The summed E-state index contributed by atoms with van der Waals surface area (Å²) >= 11 is 0. The highest BCUT2D eigenvalue weighted by Gasteiger charge is 2.19. The second kappa shape index (κ2) is 7.23. The molecule has 1 unspecified atom stereocenters. The van der Waals surface area contributed by atoms with Crippen LogP contribution >= 0.6 is 0 Å². The number of hydrogen-bond donors (Lipinski definition) is 3. The van der Waals surface area contributed by atoms with E-state index in [9.17, 15) is 9.59 Å². The van der Waals surface area contributed by atoms with E-state index in [1.54, 1.807) is 0 Å². The van der Waals surface area contributed by atoms with Crippen LogP contribution in [0, 0.1) is 5.92 Å². The first kappa shape index (κ1) is 13.9. The van der Waals surface area contributed by atoms with Gasteiger partial charge in [0.15, 0.2) is 0 Å². The molecule has 0 bridgehead atoms. The van der Waals surface area contributed by atoms with Crippen LogP contribution < -0.4 is 5.73 Å². The van der Waals surface area contributed by atoms with Crippen LogP contribution in [0.3, 0.4) is 0 Å². The van der Waals surface area contributed by atoms with E-state index in [1.165, 1.54) is 13.3 Å². The highest BCUT2D eigenvalue weighted by atomic mass is 16.4. The maximum absolute atomic E-state index is 10.4. The van der Waals surface area contributed by atoms with Gasteiger partial charge in [0, 0.05) is 0 Å². The molecule has 0 aromatic heterocycles. The van der Waals surface area contributed by atoms with Crippen molar-refractivity contribution in [3.63, 3.8) is 0 Å². The molecule has 1 saturated carbocycles. The quantitative estimate of drug-likeness (QED) is 0.642. The number of aliphatic carboxylic acids is 2. The van der Waals surface area contributed by atoms with Gasteiger partial charge in [-0.05, 0) is 19.8 Å². The van der Waals surface area contributed by atoms with E-state index in [0.717, 1.165) is 25.7 Å². The summed E-state index contributed by atoms with van der Waals surface area (Å²) in [7, 11) is 0. The van der Waals surface area contributed by atoms with Crippen molar-refractivity contribution in [3.8, 4) is 0 Å².